The first-order valence-electron chi connectivity index (χ1n) is 25.1. The zero-order valence-electron chi connectivity index (χ0n) is 41.2. The Morgan fingerprint density at radius 1 is 0.384 bits per heavy atom. The second-order valence-corrected chi connectivity index (χ2v) is 19.4. The van der Waals surface area contributed by atoms with Crippen LogP contribution in [0.1, 0.15) is 30.5 Å². The van der Waals surface area contributed by atoms with Crippen molar-refractivity contribution in [1.29, 1.82) is 0 Å². The van der Waals surface area contributed by atoms with Crippen molar-refractivity contribution >= 4 is 61.2 Å². The summed E-state index contributed by atoms with van der Waals surface area (Å²) in [6, 6.07) is 90.9. The van der Waals surface area contributed by atoms with Crippen LogP contribution in [0.3, 0.4) is 0 Å². The van der Waals surface area contributed by atoms with E-state index < -0.39 is 0 Å². The molecule has 12 rings (SSSR count). The van der Waals surface area contributed by atoms with E-state index in [9.17, 15) is 0 Å². The van der Waals surface area contributed by atoms with Crippen molar-refractivity contribution in [2.24, 2.45) is 0 Å². The Kier molecular flexibility index (Phi) is 11.6. The van der Waals surface area contributed by atoms with Gasteiger partial charge >= 0.3 is 0 Å². The molecular formula is C71H54N2. The number of hydrogen-bond donors (Lipinski definition) is 0. The lowest BCUT2D eigenvalue weighted by Crippen LogP contribution is -2.16. The van der Waals surface area contributed by atoms with Crippen LogP contribution in [0.2, 0.25) is 0 Å². The first-order chi connectivity index (χ1) is 35.9. The molecule has 0 atom stereocenters. The van der Waals surface area contributed by atoms with Crippen LogP contribution < -0.4 is 9.80 Å². The second-order valence-electron chi connectivity index (χ2n) is 19.4. The smallest absolute Gasteiger partial charge is 0.0546 e. The Labute approximate surface area is 429 Å². The van der Waals surface area contributed by atoms with Gasteiger partial charge in [-0.2, -0.15) is 0 Å². The predicted octanol–water partition coefficient (Wildman–Crippen LogP) is 20.0. The first-order valence-corrected chi connectivity index (χ1v) is 25.1. The molecule has 2 nitrogen and oxygen atoms in total. The topological polar surface area (TPSA) is 6.48 Å². The lowest BCUT2D eigenvalue weighted by atomic mass is 9.82. The van der Waals surface area contributed by atoms with Gasteiger partial charge in [-0.25, -0.2) is 0 Å². The molecule has 0 saturated heterocycles. The van der Waals surface area contributed by atoms with E-state index in [2.05, 4.69) is 286 Å². The van der Waals surface area contributed by atoms with E-state index in [4.69, 9.17) is 0 Å². The monoisotopic (exact) mass is 934 g/mol. The highest BCUT2D eigenvalue weighted by atomic mass is 15.1. The van der Waals surface area contributed by atoms with Gasteiger partial charge in [0.15, 0.2) is 0 Å². The Balaban J connectivity index is 0.996. The quantitative estimate of drug-likeness (QED) is 0.0890. The van der Waals surface area contributed by atoms with Crippen LogP contribution in [0.15, 0.2) is 280 Å². The number of allylic oxidation sites excluding steroid dienone is 4. The van der Waals surface area contributed by atoms with Gasteiger partial charge in [-0.3, -0.25) is 0 Å². The number of nitrogens with zero attached hydrogens (tertiary/aromatic N) is 2. The van der Waals surface area contributed by atoms with Gasteiger partial charge in [0.05, 0.1) is 5.69 Å². The fraction of sp³-hybridized carbons (Fsp3) is 0.0423. The van der Waals surface area contributed by atoms with Gasteiger partial charge in [-0.15, -0.1) is 0 Å². The summed E-state index contributed by atoms with van der Waals surface area (Å²) < 4.78 is 0. The summed E-state index contributed by atoms with van der Waals surface area (Å²) in [5, 5.41) is 4.79. The molecule has 2 heteroatoms. The third kappa shape index (κ3) is 8.14. The molecule has 1 aliphatic carbocycles. The van der Waals surface area contributed by atoms with Crippen molar-refractivity contribution < 1.29 is 0 Å². The van der Waals surface area contributed by atoms with Crippen LogP contribution in [0.4, 0.5) is 34.1 Å². The van der Waals surface area contributed by atoms with Crippen LogP contribution in [-0.2, 0) is 5.41 Å². The predicted molar refractivity (Wildman–Crippen MR) is 313 cm³/mol. The molecule has 0 fully saturated rings. The van der Waals surface area contributed by atoms with Crippen LogP contribution in [0.25, 0.3) is 71.6 Å². The lowest BCUT2D eigenvalue weighted by molar-refractivity contribution is 0.660. The van der Waals surface area contributed by atoms with Gasteiger partial charge < -0.3 is 9.80 Å². The molecule has 0 aromatic heterocycles. The minimum absolute atomic E-state index is 0.163. The summed E-state index contributed by atoms with van der Waals surface area (Å²) >= 11 is 0. The summed E-state index contributed by atoms with van der Waals surface area (Å²) in [6.07, 6.45) is 5.72. The van der Waals surface area contributed by atoms with Gasteiger partial charge in [-0.1, -0.05) is 227 Å². The fourth-order valence-electron chi connectivity index (χ4n) is 11.1. The van der Waals surface area contributed by atoms with Crippen LogP contribution in [0.5, 0.6) is 0 Å². The fourth-order valence-corrected chi connectivity index (χ4v) is 11.1. The molecule has 0 bridgehead atoms. The van der Waals surface area contributed by atoms with E-state index in [1.165, 1.54) is 71.6 Å². The van der Waals surface area contributed by atoms with E-state index in [1.807, 2.05) is 18.2 Å². The molecule has 0 N–H and O–H groups in total. The normalized spacial score (nSPS) is 12.5. The molecule has 0 heterocycles. The molecule has 0 saturated carbocycles. The van der Waals surface area contributed by atoms with E-state index in [-0.39, 0.29) is 5.41 Å². The first kappa shape index (κ1) is 44.9. The van der Waals surface area contributed by atoms with Gasteiger partial charge in [0.25, 0.3) is 0 Å². The summed E-state index contributed by atoms with van der Waals surface area (Å²) in [6.45, 7) is 12.8. The Morgan fingerprint density at radius 2 is 0.877 bits per heavy atom. The molecule has 11 aromatic rings. The molecule has 1 aliphatic rings. The molecule has 73 heavy (non-hydrogen) atoms. The van der Waals surface area contributed by atoms with Crippen LogP contribution in [0, 0.1) is 0 Å². The van der Waals surface area contributed by atoms with Gasteiger partial charge in [0.2, 0.25) is 0 Å². The maximum absolute atomic E-state index is 4.11. The molecule has 11 aromatic carbocycles. The van der Waals surface area contributed by atoms with Gasteiger partial charge in [-0.05, 0) is 150 Å². The zero-order valence-corrected chi connectivity index (χ0v) is 41.2. The number of hydrogen-bond acceptors (Lipinski definition) is 2. The molecular weight excluding hydrogens is 881 g/mol. The number of anilines is 6. The highest BCUT2D eigenvalue weighted by Crippen LogP contribution is 2.52. The van der Waals surface area contributed by atoms with E-state index in [0.29, 0.717) is 0 Å². The van der Waals surface area contributed by atoms with Crippen molar-refractivity contribution in [3.8, 4) is 44.5 Å². The van der Waals surface area contributed by atoms with Gasteiger partial charge in [0.1, 0.15) is 0 Å². The molecule has 0 amide bonds. The highest BCUT2D eigenvalue weighted by Gasteiger charge is 2.36. The largest absolute Gasteiger partial charge is 0.311 e. The van der Waals surface area contributed by atoms with Crippen molar-refractivity contribution in [3.63, 3.8) is 0 Å². The summed E-state index contributed by atoms with van der Waals surface area (Å²) in [7, 11) is 0. The minimum Gasteiger partial charge on any atom is -0.311 e. The Bertz CT molecular complexity index is 3780. The molecule has 0 spiro atoms. The number of fused-ring (bicyclic) bond motifs is 6. The second kappa shape index (κ2) is 18.8. The van der Waals surface area contributed by atoms with Crippen molar-refractivity contribution in [3.05, 3.63) is 297 Å². The van der Waals surface area contributed by atoms with E-state index in [1.54, 1.807) is 0 Å². The average Bonchev–Trinajstić information content (AvgIpc) is 3.68. The maximum Gasteiger partial charge on any atom is 0.0546 e. The maximum atomic E-state index is 4.11. The SMILES string of the molecule is C=C/C=C(\C=C)c1ccc(N(c2ccc3c(c2)C(C)(C)c2ccccc2-3)c2ccc(-c3ccc(N(c4ccc(-c5ccccc5)cc4)c4ccc(-c5ccccc5)cc4)cc3)c3ccc4ccccc4c23)cc1. The molecule has 0 aliphatic heterocycles. The van der Waals surface area contributed by atoms with E-state index in [0.717, 1.165) is 50.8 Å². The standard InChI is InChI=1S/C71H54N2/c1-5-17-49(6-2)52-26-39-60(40-27-52)73(61-43-45-65-64-24-15-16-25-67(64)71(3,4)68(65)48-61)69-47-46-62(66-44-34-55-22-13-14-23-63(55)70(66)69)56-32-41-59(42-33-56)72(57-35-28-53(29-36-57)50-18-9-7-10-19-50)58-37-30-54(31-38-58)51-20-11-8-12-21-51/h5-48H,1-2H2,3-4H3/b49-17+. The number of rotatable bonds is 12. The van der Waals surface area contributed by atoms with Gasteiger partial charge in [0, 0.05) is 39.2 Å². The number of benzene rings is 11. The van der Waals surface area contributed by atoms with Crippen molar-refractivity contribution in [2.75, 3.05) is 9.80 Å². The van der Waals surface area contributed by atoms with Crippen molar-refractivity contribution in [2.45, 2.75) is 19.3 Å². The minimum atomic E-state index is -0.163. The van der Waals surface area contributed by atoms with Crippen molar-refractivity contribution in [1.82, 2.24) is 0 Å². The third-order valence-corrected chi connectivity index (χ3v) is 14.8. The Hall–Kier alpha value is -9.24. The summed E-state index contributed by atoms with van der Waals surface area (Å²) in [4.78, 5) is 4.81. The summed E-state index contributed by atoms with van der Waals surface area (Å²) in [5.74, 6) is 0. The lowest BCUT2D eigenvalue weighted by Gasteiger charge is -2.30. The molecule has 348 valence electrons. The third-order valence-electron chi connectivity index (χ3n) is 14.8. The average molecular weight is 935 g/mol. The molecule has 0 radical (unpaired) electrons. The summed E-state index contributed by atoms with van der Waals surface area (Å²) in [5.41, 5.74) is 20.9. The van der Waals surface area contributed by atoms with E-state index >= 15 is 0 Å². The van der Waals surface area contributed by atoms with Crippen LogP contribution >= 0.6 is 0 Å². The zero-order chi connectivity index (χ0) is 49.5. The molecule has 0 unspecified atom stereocenters. The Morgan fingerprint density at radius 3 is 1.49 bits per heavy atom. The highest BCUT2D eigenvalue weighted by molar-refractivity contribution is 6.19. The van der Waals surface area contributed by atoms with Crippen LogP contribution in [-0.4, -0.2) is 0 Å².